The van der Waals surface area contributed by atoms with E-state index >= 15 is 0 Å². The van der Waals surface area contributed by atoms with Gasteiger partial charge in [0.2, 0.25) is 0 Å². The summed E-state index contributed by atoms with van der Waals surface area (Å²) in [5.41, 5.74) is 11.0. The Balaban J connectivity index is 1.27. The Kier molecular flexibility index (Phi) is 6.46. The average Bonchev–Trinajstić information content (AvgIpc) is 3.53. The van der Waals surface area contributed by atoms with Crippen LogP contribution in [0.3, 0.4) is 0 Å². The first kappa shape index (κ1) is 27.0. The molecule has 0 fully saturated rings. The molecule has 0 saturated carbocycles. The lowest BCUT2D eigenvalue weighted by atomic mass is 9.94. The maximum absolute atomic E-state index is 6.29. The molecule has 9 aromatic rings. The fourth-order valence-electron chi connectivity index (χ4n) is 6.54. The monoisotopic (exact) mass is 600 g/mol. The SMILES string of the molecule is c1ccc(-c2cc(-c3ccc4c(c3)oc3ccccc34)cc(-c3cc(-c4ccccc4)nc(-c4cccc5ccccc45)n3)c2)cc1. The summed E-state index contributed by atoms with van der Waals surface area (Å²) in [4.78, 5) is 10.4. The Morgan fingerprint density at radius 1 is 0.340 bits per heavy atom. The zero-order valence-corrected chi connectivity index (χ0v) is 25.5. The minimum Gasteiger partial charge on any atom is -0.456 e. The summed E-state index contributed by atoms with van der Waals surface area (Å²) in [6.07, 6.45) is 0. The van der Waals surface area contributed by atoms with Crippen molar-refractivity contribution in [3.05, 3.63) is 170 Å². The predicted molar refractivity (Wildman–Crippen MR) is 194 cm³/mol. The van der Waals surface area contributed by atoms with Crippen molar-refractivity contribution in [2.24, 2.45) is 0 Å². The van der Waals surface area contributed by atoms with Gasteiger partial charge in [-0.2, -0.15) is 0 Å². The van der Waals surface area contributed by atoms with E-state index in [2.05, 4.69) is 152 Å². The van der Waals surface area contributed by atoms with Crippen molar-refractivity contribution < 1.29 is 4.42 Å². The van der Waals surface area contributed by atoms with Gasteiger partial charge in [0.15, 0.2) is 5.82 Å². The quantitative estimate of drug-likeness (QED) is 0.197. The standard InChI is InChI=1S/C44H28N2O/c1-3-12-29(13-4-1)33-24-34(32-22-23-38-37-19-9-10-21-42(37)47-43(38)27-32)26-35(25-33)41-28-40(31-15-5-2-6-16-31)45-44(46-41)39-20-11-17-30-14-7-8-18-36(30)39/h1-28H. The van der Waals surface area contributed by atoms with Crippen molar-refractivity contribution in [3.63, 3.8) is 0 Å². The van der Waals surface area contributed by atoms with E-state index in [1.54, 1.807) is 0 Å². The van der Waals surface area contributed by atoms with Crippen molar-refractivity contribution in [2.75, 3.05) is 0 Å². The highest BCUT2D eigenvalue weighted by molar-refractivity contribution is 6.06. The van der Waals surface area contributed by atoms with E-state index in [-0.39, 0.29) is 0 Å². The van der Waals surface area contributed by atoms with E-state index in [0.29, 0.717) is 5.82 Å². The van der Waals surface area contributed by atoms with Crippen LogP contribution in [-0.4, -0.2) is 9.97 Å². The van der Waals surface area contributed by atoms with Gasteiger partial charge in [-0.1, -0.05) is 127 Å². The van der Waals surface area contributed by atoms with Crippen LogP contribution in [0.2, 0.25) is 0 Å². The highest BCUT2D eigenvalue weighted by atomic mass is 16.3. The van der Waals surface area contributed by atoms with Gasteiger partial charge in [0.25, 0.3) is 0 Å². The number of benzene rings is 7. The number of hydrogen-bond acceptors (Lipinski definition) is 3. The third-order valence-electron chi connectivity index (χ3n) is 8.87. The van der Waals surface area contributed by atoms with Crippen LogP contribution in [0.25, 0.3) is 88.9 Å². The van der Waals surface area contributed by atoms with E-state index in [4.69, 9.17) is 14.4 Å². The zero-order valence-electron chi connectivity index (χ0n) is 25.5. The first-order valence-electron chi connectivity index (χ1n) is 15.8. The molecular formula is C44H28N2O. The number of para-hydroxylation sites is 1. The van der Waals surface area contributed by atoms with Crippen LogP contribution >= 0.6 is 0 Å². The minimum absolute atomic E-state index is 0.702. The van der Waals surface area contributed by atoms with Gasteiger partial charge in [0, 0.05) is 27.5 Å². The molecule has 2 heterocycles. The second-order valence-electron chi connectivity index (χ2n) is 11.8. The Bertz CT molecular complexity index is 2560. The molecule has 0 atom stereocenters. The first-order chi connectivity index (χ1) is 23.3. The van der Waals surface area contributed by atoms with E-state index in [0.717, 1.165) is 83.0 Å². The van der Waals surface area contributed by atoms with Gasteiger partial charge in [0.05, 0.1) is 11.4 Å². The molecule has 0 aliphatic heterocycles. The highest BCUT2D eigenvalue weighted by Gasteiger charge is 2.16. The molecular weight excluding hydrogens is 572 g/mol. The second-order valence-corrected chi connectivity index (χ2v) is 11.8. The maximum atomic E-state index is 6.29. The van der Waals surface area contributed by atoms with Gasteiger partial charge in [-0.3, -0.25) is 0 Å². The first-order valence-corrected chi connectivity index (χ1v) is 15.8. The summed E-state index contributed by atoms with van der Waals surface area (Å²) >= 11 is 0. The zero-order chi connectivity index (χ0) is 31.2. The summed E-state index contributed by atoms with van der Waals surface area (Å²) in [5, 5.41) is 4.54. The number of aromatic nitrogens is 2. The van der Waals surface area contributed by atoms with Crippen molar-refractivity contribution >= 4 is 32.7 Å². The largest absolute Gasteiger partial charge is 0.456 e. The summed E-state index contributed by atoms with van der Waals surface area (Å²) in [7, 11) is 0. The number of fused-ring (bicyclic) bond motifs is 4. The van der Waals surface area contributed by atoms with E-state index in [1.807, 2.05) is 18.2 Å². The van der Waals surface area contributed by atoms with E-state index < -0.39 is 0 Å². The van der Waals surface area contributed by atoms with Gasteiger partial charge >= 0.3 is 0 Å². The maximum Gasteiger partial charge on any atom is 0.161 e. The van der Waals surface area contributed by atoms with Crippen LogP contribution < -0.4 is 0 Å². The Labute approximate surface area is 272 Å². The summed E-state index contributed by atoms with van der Waals surface area (Å²) in [6.45, 7) is 0. The molecule has 0 saturated heterocycles. The molecule has 7 aromatic carbocycles. The number of hydrogen-bond donors (Lipinski definition) is 0. The van der Waals surface area contributed by atoms with Gasteiger partial charge in [-0.15, -0.1) is 0 Å². The predicted octanol–water partition coefficient (Wildman–Crippen LogP) is 11.9. The van der Waals surface area contributed by atoms with Crippen LogP contribution in [0.5, 0.6) is 0 Å². The van der Waals surface area contributed by atoms with Gasteiger partial charge < -0.3 is 4.42 Å². The normalized spacial score (nSPS) is 11.4. The lowest BCUT2D eigenvalue weighted by Crippen LogP contribution is -1.97. The van der Waals surface area contributed by atoms with Crippen LogP contribution in [0.1, 0.15) is 0 Å². The molecule has 3 heteroatoms. The van der Waals surface area contributed by atoms with Crippen LogP contribution in [0.4, 0.5) is 0 Å². The topological polar surface area (TPSA) is 38.9 Å². The van der Waals surface area contributed by atoms with Crippen LogP contribution in [0.15, 0.2) is 174 Å². The van der Waals surface area contributed by atoms with Gasteiger partial charge in [-0.05, 0) is 75.5 Å². The third-order valence-corrected chi connectivity index (χ3v) is 8.87. The summed E-state index contributed by atoms with van der Waals surface area (Å²) in [5.74, 6) is 0.702. The van der Waals surface area contributed by atoms with Gasteiger partial charge in [-0.25, -0.2) is 9.97 Å². The third kappa shape index (κ3) is 4.95. The summed E-state index contributed by atoms with van der Waals surface area (Å²) in [6, 6.07) is 59.2. The smallest absolute Gasteiger partial charge is 0.161 e. The molecule has 0 aliphatic carbocycles. The fourth-order valence-corrected chi connectivity index (χ4v) is 6.54. The van der Waals surface area contributed by atoms with Crippen molar-refractivity contribution in [1.29, 1.82) is 0 Å². The molecule has 47 heavy (non-hydrogen) atoms. The van der Waals surface area contributed by atoms with Crippen LogP contribution in [0, 0.1) is 0 Å². The Hall–Kier alpha value is -6.32. The minimum atomic E-state index is 0.702. The summed E-state index contributed by atoms with van der Waals surface area (Å²) < 4.78 is 6.29. The Morgan fingerprint density at radius 2 is 0.936 bits per heavy atom. The number of nitrogens with zero attached hydrogens (tertiary/aromatic N) is 2. The molecule has 220 valence electrons. The van der Waals surface area contributed by atoms with E-state index in [9.17, 15) is 0 Å². The molecule has 0 aliphatic rings. The van der Waals surface area contributed by atoms with Crippen molar-refractivity contribution in [1.82, 2.24) is 9.97 Å². The molecule has 9 rings (SSSR count). The fraction of sp³-hybridized carbons (Fsp3) is 0. The molecule has 0 unspecified atom stereocenters. The Morgan fingerprint density at radius 3 is 1.74 bits per heavy atom. The molecule has 0 N–H and O–H groups in total. The lowest BCUT2D eigenvalue weighted by molar-refractivity contribution is 0.669. The molecule has 3 nitrogen and oxygen atoms in total. The van der Waals surface area contributed by atoms with Gasteiger partial charge in [0.1, 0.15) is 11.2 Å². The average molecular weight is 601 g/mol. The van der Waals surface area contributed by atoms with Crippen LogP contribution in [-0.2, 0) is 0 Å². The number of furan rings is 1. The molecule has 0 radical (unpaired) electrons. The molecule has 0 amide bonds. The van der Waals surface area contributed by atoms with Crippen molar-refractivity contribution in [3.8, 4) is 56.2 Å². The second kappa shape index (κ2) is 11.2. The molecule has 0 bridgehead atoms. The number of rotatable bonds is 5. The molecule has 2 aromatic heterocycles. The lowest BCUT2D eigenvalue weighted by Gasteiger charge is -2.14. The molecule has 0 spiro atoms. The van der Waals surface area contributed by atoms with E-state index in [1.165, 1.54) is 0 Å². The van der Waals surface area contributed by atoms with Crippen molar-refractivity contribution in [2.45, 2.75) is 0 Å². The highest BCUT2D eigenvalue weighted by Crippen LogP contribution is 2.37.